The Morgan fingerprint density at radius 1 is 1.50 bits per heavy atom. The number of halogens is 1. The van der Waals surface area contributed by atoms with Crippen molar-refractivity contribution in [1.82, 2.24) is 10.2 Å². The Morgan fingerprint density at radius 3 is 2.95 bits per heavy atom. The third-order valence-electron chi connectivity index (χ3n) is 3.70. The van der Waals surface area contributed by atoms with E-state index in [0.717, 1.165) is 18.8 Å². The monoisotopic (exact) mass is 296 g/mol. The first-order valence-corrected chi connectivity index (χ1v) is 7.30. The summed E-state index contributed by atoms with van der Waals surface area (Å²) in [5, 5.41) is 3.90. The first kappa shape index (κ1) is 15.1. The van der Waals surface area contributed by atoms with Crippen LogP contribution in [-0.2, 0) is 4.79 Å². The zero-order chi connectivity index (χ0) is 14.5. The smallest absolute Gasteiger partial charge is 0.227 e. The van der Waals surface area contributed by atoms with Crippen molar-refractivity contribution in [2.75, 3.05) is 33.3 Å². The Kier molecular flexibility index (Phi) is 5.26. The summed E-state index contributed by atoms with van der Waals surface area (Å²) in [7, 11) is 1.83. The van der Waals surface area contributed by atoms with Crippen LogP contribution in [0.25, 0.3) is 0 Å². The molecule has 4 nitrogen and oxygen atoms in total. The Bertz CT molecular complexity index is 467. The third-order valence-corrected chi connectivity index (χ3v) is 3.94. The Morgan fingerprint density at radius 2 is 2.30 bits per heavy atom. The molecule has 0 radical (unpaired) electrons. The van der Waals surface area contributed by atoms with Crippen LogP contribution in [0.4, 0.5) is 0 Å². The lowest BCUT2D eigenvalue weighted by molar-refractivity contribution is -0.134. The molecule has 0 bridgehead atoms. The quantitative estimate of drug-likeness (QED) is 0.904. The molecule has 0 saturated carbocycles. The van der Waals surface area contributed by atoms with Crippen molar-refractivity contribution >= 4 is 17.5 Å². The molecule has 110 valence electrons. The summed E-state index contributed by atoms with van der Waals surface area (Å²) in [5.41, 5.74) is 0. The van der Waals surface area contributed by atoms with Gasteiger partial charge in [-0.2, -0.15) is 0 Å². The number of ether oxygens (including phenoxy) is 1. The van der Waals surface area contributed by atoms with Crippen LogP contribution in [0.2, 0.25) is 5.02 Å². The summed E-state index contributed by atoms with van der Waals surface area (Å²) in [5.74, 6) is 1.41. The lowest BCUT2D eigenvalue weighted by Crippen LogP contribution is -2.38. The van der Waals surface area contributed by atoms with E-state index in [-0.39, 0.29) is 11.8 Å². The molecule has 5 heteroatoms. The minimum Gasteiger partial charge on any atom is -0.492 e. The summed E-state index contributed by atoms with van der Waals surface area (Å²) in [6.07, 6.45) is 0. The summed E-state index contributed by atoms with van der Waals surface area (Å²) < 4.78 is 5.60. The van der Waals surface area contributed by atoms with Crippen molar-refractivity contribution in [3.63, 3.8) is 0 Å². The standard InChI is InChI=1S/C15H21ClN2O2/c1-11-9-17-10-14(11)15(19)18(2)6-7-20-13-5-3-4-12(16)8-13/h3-5,8,11,14,17H,6-7,9-10H2,1-2H3/t11-,14-/m1/s1. The van der Waals surface area contributed by atoms with E-state index in [2.05, 4.69) is 12.2 Å². The van der Waals surface area contributed by atoms with Crippen LogP contribution in [-0.4, -0.2) is 44.1 Å². The SMILES string of the molecule is C[C@@H]1CNC[C@H]1C(=O)N(C)CCOc1cccc(Cl)c1. The molecule has 1 aromatic rings. The zero-order valence-electron chi connectivity index (χ0n) is 11.9. The number of likely N-dealkylation sites (N-methyl/N-ethyl adjacent to an activating group) is 1. The summed E-state index contributed by atoms with van der Waals surface area (Å²) in [4.78, 5) is 14.0. The molecule has 0 aliphatic carbocycles. The maximum atomic E-state index is 12.3. The Hall–Kier alpha value is -1.26. The predicted molar refractivity (Wildman–Crippen MR) is 80.1 cm³/mol. The highest BCUT2D eigenvalue weighted by molar-refractivity contribution is 6.30. The lowest BCUT2D eigenvalue weighted by Gasteiger charge is -2.23. The number of nitrogens with one attached hydrogen (secondary N) is 1. The molecule has 1 amide bonds. The second kappa shape index (κ2) is 6.95. The fourth-order valence-corrected chi connectivity index (χ4v) is 2.57. The van der Waals surface area contributed by atoms with Crippen molar-refractivity contribution in [1.29, 1.82) is 0 Å². The summed E-state index contributed by atoms with van der Waals surface area (Å²) in [6.45, 7) is 4.85. The van der Waals surface area contributed by atoms with Gasteiger partial charge in [0.05, 0.1) is 12.5 Å². The van der Waals surface area contributed by atoms with Gasteiger partial charge in [0.15, 0.2) is 0 Å². The molecule has 1 saturated heterocycles. The van der Waals surface area contributed by atoms with Gasteiger partial charge in [-0.3, -0.25) is 4.79 Å². The molecule has 0 spiro atoms. The van der Waals surface area contributed by atoms with Crippen LogP contribution >= 0.6 is 11.6 Å². The largest absolute Gasteiger partial charge is 0.492 e. The van der Waals surface area contributed by atoms with Crippen LogP contribution in [0.5, 0.6) is 5.75 Å². The van der Waals surface area contributed by atoms with Crippen molar-refractivity contribution in [2.24, 2.45) is 11.8 Å². The van der Waals surface area contributed by atoms with E-state index in [1.54, 1.807) is 17.0 Å². The van der Waals surface area contributed by atoms with Crippen LogP contribution in [0, 0.1) is 11.8 Å². The molecule has 2 rings (SSSR count). The van der Waals surface area contributed by atoms with Gasteiger partial charge in [-0.15, -0.1) is 0 Å². The van der Waals surface area contributed by atoms with Crippen LogP contribution in [0.15, 0.2) is 24.3 Å². The summed E-state index contributed by atoms with van der Waals surface area (Å²) >= 11 is 5.89. The van der Waals surface area contributed by atoms with E-state index in [9.17, 15) is 4.79 Å². The molecular formula is C15H21ClN2O2. The molecule has 1 aliphatic rings. The van der Waals surface area contributed by atoms with Crippen molar-refractivity contribution in [3.05, 3.63) is 29.3 Å². The number of carbonyl (C=O) groups excluding carboxylic acids is 1. The molecule has 2 atom stereocenters. The zero-order valence-corrected chi connectivity index (χ0v) is 12.7. The summed E-state index contributed by atoms with van der Waals surface area (Å²) in [6, 6.07) is 7.28. The molecule has 0 unspecified atom stereocenters. The van der Waals surface area contributed by atoms with E-state index >= 15 is 0 Å². The predicted octanol–water partition coefficient (Wildman–Crippen LogP) is 2.03. The van der Waals surface area contributed by atoms with E-state index in [0.29, 0.717) is 24.1 Å². The van der Waals surface area contributed by atoms with Gasteiger partial charge >= 0.3 is 0 Å². The number of rotatable bonds is 5. The molecule has 1 aliphatic heterocycles. The van der Waals surface area contributed by atoms with Gasteiger partial charge in [0.2, 0.25) is 5.91 Å². The molecule has 1 aromatic carbocycles. The van der Waals surface area contributed by atoms with E-state index in [4.69, 9.17) is 16.3 Å². The van der Waals surface area contributed by atoms with Gasteiger partial charge in [0.1, 0.15) is 12.4 Å². The normalized spacial score (nSPS) is 21.8. The molecular weight excluding hydrogens is 276 g/mol. The van der Waals surface area contributed by atoms with E-state index < -0.39 is 0 Å². The van der Waals surface area contributed by atoms with Gasteiger partial charge < -0.3 is 15.0 Å². The fraction of sp³-hybridized carbons (Fsp3) is 0.533. The van der Waals surface area contributed by atoms with Crippen molar-refractivity contribution < 1.29 is 9.53 Å². The van der Waals surface area contributed by atoms with E-state index in [1.165, 1.54) is 0 Å². The average Bonchev–Trinajstić information content (AvgIpc) is 2.84. The van der Waals surface area contributed by atoms with Gasteiger partial charge in [-0.05, 0) is 30.7 Å². The number of carbonyl (C=O) groups is 1. The van der Waals surface area contributed by atoms with Gasteiger partial charge in [-0.25, -0.2) is 0 Å². The second-order valence-electron chi connectivity index (χ2n) is 5.31. The fourth-order valence-electron chi connectivity index (χ4n) is 2.39. The van der Waals surface area contributed by atoms with E-state index in [1.807, 2.05) is 19.2 Å². The Labute approximate surface area is 125 Å². The van der Waals surface area contributed by atoms with Crippen LogP contribution in [0.1, 0.15) is 6.92 Å². The van der Waals surface area contributed by atoms with Crippen LogP contribution < -0.4 is 10.1 Å². The minimum absolute atomic E-state index is 0.0890. The van der Waals surface area contributed by atoms with Crippen molar-refractivity contribution in [2.45, 2.75) is 6.92 Å². The molecule has 1 N–H and O–H groups in total. The van der Waals surface area contributed by atoms with Crippen molar-refractivity contribution in [3.8, 4) is 5.75 Å². The minimum atomic E-state index is 0.0890. The Balaban J connectivity index is 1.77. The first-order chi connectivity index (χ1) is 9.58. The number of hydrogen-bond acceptors (Lipinski definition) is 3. The maximum Gasteiger partial charge on any atom is 0.227 e. The molecule has 1 heterocycles. The number of hydrogen-bond donors (Lipinski definition) is 1. The molecule has 20 heavy (non-hydrogen) atoms. The lowest BCUT2D eigenvalue weighted by atomic mass is 9.97. The topological polar surface area (TPSA) is 41.6 Å². The number of nitrogens with zero attached hydrogens (tertiary/aromatic N) is 1. The van der Waals surface area contributed by atoms with Crippen LogP contribution in [0.3, 0.4) is 0 Å². The highest BCUT2D eigenvalue weighted by Gasteiger charge is 2.31. The molecule has 1 fully saturated rings. The molecule has 0 aromatic heterocycles. The highest BCUT2D eigenvalue weighted by atomic mass is 35.5. The number of benzene rings is 1. The maximum absolute atomic E-state index is 12.3. The van der Waals surface area contributed by atoms with Gasteiger partial charge in [0, 0.05) is 18.6 Å². The third kappa shape index (κ3) is 3.87. The average molecular weight is 297 g/mol. The van der Waals surface area contributed by atoms with Gasteiger partial charge in [-0.1, -0.05) is 24.6 Å². The number of amides is 1. The second-order valence-corrected chi connectivity index (χ2v) is 5.74. The highest BCUT2D eigenvalue weighted by Crippen LogP contribution is 2.19. The first-order valence-electron chi connectivity index (χ1n) is 6.92. The van der Waals surface area contributed by atoms with Gasteiger partial charge in [0.25, 0.3) is 0 Å².